The Morgan fingerprint density at radius 1 is 1.29 bits per heavy atom. The van der Waals surface area contributed by atoms with Crippen LogP contribution in [0.2, 0.25) is 0 Å². The van der Waals surface area contributed by atoms with Crippen LogP contribution in [-0.2, 0) is 0 Å². The molecular formula is C11H11F3O3. The van der Waals surface area contributed by atoms with Crippen LogP contribution in [0.1, 0.15) is 23.7 Å². The Kier molecular flexibility index (Phi) is 3.98. The first kappa shape index (κ1) is 13.3. The van der Waals surface area contributed by atoms with Crippen molar-refractivity contribution in [3.8, 4) is 11.5 Å². The first-order chi connectivity index (χ1) is 7.87. The first-order valence-corrected chi connectivity index (χ1v) is 4.84. The summed E-state index contributed by atoms with van der Waals surface area (Å²) >= 11 is 0. The van der Waals surface area contributed by atoms with Crippen LogP contribution >= 0.6 is 0 Å². The minimum absolute atomic E-state index is 0.0741. The molecule has 0 heterocycles. The third-order valence-electron chi connectivity index (χ3n) is 2.03. The fourth-order valence-corrected chi connectivity index (χ4v) is 1.26. The molecule has 0 fully saturated rings. The van der Waals surface area contributed by atoms with E-state index >= 15 is 0 Å². The molecule has 1 aromatic rings. The van der Waals surface area contributed by atoms with Crippen LogP contribution in [0.4, 0.5) is 13.2 Å². The van der Waals surface area contributed by atoms with Crippen molar-refractivity contribution in [2.75, 3.05) is 7.11 Å². The van der Waals surface area contributed by atoms with Crippen molar-refractivity contribution in [1.82, 2.24) is 0 Å². The molecule has 0 aliphatic heterocycles. The second-order valence-electron chi connectivity index (χ2n) is 3.19. The molecule has 1 rings (SSSR count). The smallest absolute Gasteiger partial charge is 0.493 e. The number of methoxy groups -OCH3 is 1. The molecule has 0 radical (unpaired) electrons. The molecule has 0 amide bonds. The lowest BCUT2D eigenvalue weighted by atomic mass is 10.1. The molecule has 0 aliphatic rings. The van der Waals surface area contributed by atoms with E-state index in [0.29, 0.717) is 0 Å². The highest BCUT2D eigenvalue weighted by molar-refractivity contribution is 5.96. The number of ether oxygens (including phenoxy) is 2. The molecule has 0 atom stereocenters. The van der Waals surface area contributed by atoms with Crippen LogP contribution in [0.15, 0.2) is 18.2 Å². The van der Waals surface area contributed by atoms with E-state index < -0.39 is 12.1 Å². The van der Waals surface area contributed by atoms with Gasteiger partial charge in [0.25, 0.3) is 0 Å². The summed E-state index contributed by atoms with van der Waals surface area (Å²) in [7, 11) is 1.22. The van der Waals surface area contributed by atoms with Gasteiger partial charge in [0.1, 0.15) is 0 Å². The lowest BCUT2D eigenvalue weighted by Crippen LogP contribution is -2.18. The van der Waals surface area contributed by atoms with Crippen LogP contribution in [0.5, 0.6) is 11.5 Å². The number of ketones is 1. The number of benzene rings is 1. The van der Waals surface area contributed by atoms with Gasteiger partial charge in [-0.2, -0.15) is 0 Å². The highest BCUT2D eigenvalue weighted by Gasteiger charge is 2.32. The van der Waals surface area contributed by atoms with E-state index in [4.69, 9.17) is 4.74 Å². The molecule has 0 saturated carbocycles. The second kappa shape index (κ2) is 5.07. The molecule has 0 aliphatic carbocycles. The third kappa shape index (κ3) is 3.65. The molecule has 1 aromatic carbocycles. The first-order valence-electron chi connectivity index (χ1n) is 4.84. The van der Waals surface area contributed by atoms with E-state index in [-0.39, 0.29) is 23.5 Å². The average molecular weight is 248 g/mol. The fraction of sp³-hybridized carbons (Fsp3) is 0.364. The van der Waals surface area contributed by atoms with Crippen molar-refractivity contribution in [3.05, 3.63) is 23.8 Å². The maximum Gasteiger partial charge on any atom is 0.573 e. The van der Waals surface area contributed by atoms with Gasteiger partial charge >= 0.3 is 6.36 Å². The summed E-state index contributed by atoms with van der Waals surface area (Å²) in [5, 5.41) is 0. The Labute approximate surface area is 96.1 Å². The minimum atomic E-state index is -4.82. The number of carbonyl (C=O) groups is 1. The summed E-state index contributed by atoms with van der Waals surface area (Å²) in [5.74, 6) is -0.853. The van der Waals surface area contributed by atoms with Crippen LogP contribution in [0.3, 0.4) is 0 Å². The number of hydrogen-bond acceptors (Lipinski definition) is 3. The van der Waals surface area contributed by atoms with Crippen LogP contribution < -0.4 is 9.47 Å². The number of alkyl halides is 3. The molecule has 0 spiro atoms. The molecule has 0 unspecified atom stereocenters. The highest BCUT2D eigenvalue weighted by atomic mass is 19.4. The monoisotopic (exact) mass is 248 g/mol. The van der Waals surface area contributed by atoms with Gasteiger partial charge in [-0.25, -0.2) is 0 Å². The van der Waals surface area contributed by atoms with Crippen molar-refractivity contribution >= 4 is 5.78 Å². The molecule has 3 nitrogen and oxygen atoms in total. The number of rotatable bonds is 4. The number of hydrogen-bond donors (Lipinski definition) is 0. The zero-order valence-corrected chi connectivity index (χ0v) is 9.30. The molecular weight excluding hydrogens is 237 g/mol. The second-order valence-corrected chi connectivity index (χ2v) is 3.19. The van der Waals surface area contributed by atoms with E-state index in [0.717, 1.165) is 6.07 Å². The number of carbonyl (C=O) groups excluding carboxylic acids is 1. The van der Waals surface area contributed by atoms with Crippen LogP contribution in [-0.4, -0.2) is 19.3 Å². The van der Waals surface area contributed by atoms with Gasteiger partial charge in [-0.05, 0) is 18.2 Å². The lowest BCUT2D eigenvalue weighted by molar-refractivity contribution is -0.275. The van der Waals surface area contributed by atoms with Gasteiger partial charge < -0.3 is 9.47 Å². The largest absolute Gasteiger partial charge is 0.573 e. The molecule has 0 saturated heterocycles. The normalized spacial score (nSPS) is 11.1. The van der Waals surface area contributed by atoms with Crippen molar-refractivity contribution in [2.24, 2.45) is 0 Å². The van der Waals surface area contributed by atoms with Crippen molar-refractivity contribution in [1.29, 1.82) is 0 Å². The Morgan fingerprint density at radius 3 is 2.41 bits per heavy atom. The summed E-state index contributed by atoms with van der Waals surface area (Å²) in [5.41, 5.74) is 0.160. The van der Waals surface area contributed by atoms with Gasteiger partial charge in [0.05, 0.1) is 7.11 Å². The molecule has 94 valence electrons. The Hall–Kier alpha value is -1.72. The number of Topliss-reactive ketones (excluding diaryl/α,β-unsaturated/α-hetero) is 1. The summed E-state index contributed by atoms with van der Waals surface area (Å²) < 4.78 is 44.8. The van der Waals surface area contributed by atoms with Crippen molar-refractivity contribution in [2.45, 2.75) is 19.7 Å². The quantitative estimate of drug-likeness (QED) is 0.767. The van der Waals surface area contributed by atoms with Gasteiger partial charge in [0.2, 0.25) is 0 Å². The van der Waals surface area contributed by atoms with Gasteiger partial charge in [-0.3, -0.25) is 4.79 Å². The van der Waals surface area contributed by atoms with Gasteiger partial charge in [-0.15, -0.1) is 13.2 Å². The predicted octanol–water partition coefficient (Wildman–Crippen LogP) is 3.19. The topological polar surface area (TPSA) is 35.5 Å². The Balaban J connectivity index is 3.11. The molecule has 0 aromatic heterocycles. The standard InChI is InChI=1S/C11H11F3O3/c1-3-8(15)7-4-5-9(16-2)10(6-7)17-11(12,13)14/h4-6H,3H2,1-2H3. The summed E-state index contributed by atoms with van der Waals surface area (Å²) in [4.78, 5) is 11.4. The summed E-state index contributed by atoms with van der Waals surface area (Å²) in [6.45, 7) is 1.62. The van der Waals surface area contributed by atoms with Gasteiger partial charge in [-0.1, -0.05) is 6.92 Å². The van der Waals surface area contributed by atoms with Crippen molar-refractivity contribution < 1.29 is 27.4 Å². The maximum absolute atomic E-state index is 12.1. The van der Waals surface area contributed by atoms with Crippen molar-refractivity contribution in [3.63, 3.8) is 0 Å². The highest BCUT2D eigenvalue weighted by Crippen LogP contribution is 2.33. The van der Waals surface area contributed by atoms with E-state index in [1.165, 1.54) is 19.2 Å². The summed E-state index contributed by atoms with van der Waals surface area (Å²) in [6.07, 6.45) is -4.61. The zero-order valence-electron chi connectivity index (χ0n) is 9.30. The SMILES string of the molecule is CCC(=O)c1ccc(OC)c(OC(F)(F)F)c1. The Morgan fingerprint density at radius 2 is 1.94 bits per heavy atom. The van der Waals surface area contributed by atoms with E-state index in [1.54, 1.807) is 6.92 Å². The van der Waals surface area contributed by atoms with Crippen LogP contribution in [0, 0.1) is 0 Å². The van der Waals surface area contributed by atoms with Gasteiger partial charge in [0.15, 0.2) is 17.3 Å². The van der Waals surface area contributed by atoms with E-state index in [1.807, 2.05) is 0 Å². The Bertz CT molecular complexity index is 413. The van der Waals surface area contributed by atoms with Crippen LogP contribution in [0.25, 0.3) is 0 Å². The van der Waals surface area contributed by atoms with E-state index in [9.17, 15) is 18.0 Å². The molecule has 17 heavy (non-hydrogen) atoms. The van der Waals surface area contributed by atoms with E-state index in [2.05, 4.69) is 4.74 Å². The lowest BCUT2D eigenvalue weighted by Gasteiger charge is -2.13. The molecule has 0 N–H and O–H groups in total. The third-order valence-corrected chi connectivity index (χ3v) is 2.03. The molecule has 6 heteroatoms. The zero-order chi connectivity index (χ0) is 13.1. The average Bonchev–Trinajstić information content (AvgIpc) is 2.25. The minimum Gasteiger partial charge on any atom is -0.493 e. The fourth-order valence-electron chi connectivity index (χ4n) is 1.26. The predicted molar refractivity (Wildman–Crippen MR) is 54.3 cm³/mol. The summed E-state index contributed by atoms with van der Waals surface area (Å²) in [6, 6.07) is 3.69. The molecule has 0 bridgehead atoms. The van der Waals surface area contributed by atoms with Gasteiger partial charge in [0, 0.05) is 12.0 Å². The maximum atomic E-state index is 12.1. The number of halogens is 3.